The van der Waals surface area contributed by atoms with Gasteiger partial charge in [0.2, 0.25) is 11.8 Å². The molecule has 0 radical (unpaired) electrons. The van der Waals surface area contributed by atoms with Crippen molar-refractivity contribution in [3.63, 3.8) is 0 Å². The third-order valence-electron chi connectivity index (χ3n) is 5.57. The van der Waals surface area contributed by atoms with Crippen molar-refractivity contribution < 1.29 is 9.59 Å². The van der Waals surface area contributed by atoms with Gasteiger partial charge in [0.25, 0.3) is 0 Å². The molecule has 8 heteroatoms. The maximum absolute atomic E-state index is 13.2. The van der Waals surface area contributed by atoms with Gasteiger partial charge in [-0.2, -0.15) is 0 Å². The molecular weight excluding hydrogens is 435 g/mol. The zero-order chi connectivity index (χ0) is 22.4. The lowest BCUT2D eigenvalue weighted by Crippen LogP contribution is -2.39. The summed E-state index contributed by atoms with van der Waals surface area (Å²) in [7, 11) is 1.83. The van der Waals surface area contributed by atoms with Crippen LogP contribution in [-0.4, -0.2) is 54.8 Å². The Balaban J connectivity index is 1.81. The van der Waals surface area contributed by atoms with E-state index >= 15 is 0 Å². The molecule has 0 bridgehead atoms. The first-order valence-electron chi connectivity index (χ1n) is 10.4. The first-order valence-corrected chi connectivity index (χ1v) is 11.1. The van der Waals surface area contributed by atoms with Gasteiger partial charge in [0, 0.05) is 19.3 Å². The second-order valence-corrected chi connectivity index (χ2v) is 8.65. The minimum atomic E-state index is -0.253. The van der Waals surface area contributed by atoms with Gasteiger partial charge in [-0.25, -0.2) is 0 Å². The second kappa shape index (κ2) is 11.0. The summed E-state index contributed by atoms with van der Waals surface area (Å²) in [6.45, 7) is 2.70. The Kier molecular flexibility index (Phi) is 8.32. The predicted octanol–water partition coefficient (Wildman–Crippen LogP) is 3.73. The molecule has 3 N–H and O–H groups in total. The molecule has 0 aliphatic carbocycles. The van der Waals surface area contributed by atoms with Crippen molar-refractivity contribution in [2.75, 3.05) is 38.5 Å². The number of hydrogen-bond acceptors (Lipinski definition) is 4. The quantitative estimate of drug-likeness (QED) is 0.626. The van der Waals surface area contributed by atoms with Crippen molar-refractivity contribution in [3.8, 4) is 0 Å². The molecule has 1 heterocycles. The average molecular weight is 463 g/mol. The number of carbonyl (C=O) groups excluding carboxylic acids is 2. The van der Waals surface area contributed by atoms with Crippen molar-refractivity contribution in [3.05, 3.63) is 63.6 Å². The van der Waals surface area contributed by atoms with Gasteiger partial charge in [-0.05, 0) is 61.3 Å². The highest BCUT2D eigenvalue weighted by Gasteiger charge is 2.26. The summed E-state index contributed by atoms with van der Waals surface area (Å²) >= 11 is 12.1. The van der Waals surface area contributed by atoms with Crippen LogP contribution in [0.1, 0.15) is 30.0 Å². The highest BCUT2D eigenvalue weighted by Crippen LogP contribution is 2.27. The number of nitrogens with zero attached hydrogens (tertiary/aromatic N) is 2. The summed E-state index contributed by atoms with van der Waals surface area (Å²) < 4.78 is 0. The topological polar surface area (TPSA) is 78.7 Å². The number of benzene rings is 2. The Labute approximate surface area is 193 Å². The Morgan fingerprint density at radius 2 is 1.87 bits per heavy atom. The Morgan fingerprint density at radius 3 is 2.55 bits per heavy atom. The largest absolute Gasteiger partial charge is 0.337 e. The summed E-state index contributed by atoms with van der Waals surface area (Å²) in [6, 6.07) is 12.7. The highest BCUT2D eigenvalue weighted by molar-refractivity contribution is 6.42. The van der Waals surface area contributed by atoms with Crippen LogP contribution in [0.5, 0.6) is 0 Å². The van der Waals surface area contributed by atoms with Crippen LogP contribution in [0.3, 0.4) is 0 Å². The Bertz CT molecular complexity index is 932. The molecule has 0 spiro atoms. The fraction of sp³-hybridized carbons (Fsp3) is 0.391. The fourth-order valence-electron chi connectivity index (χ4n) is 3.82. The summed E-state index contributed by atoms with van der Waals surface area (Å²) in [5.74, 6) is -0.267. The summed E-state index contributed by atoms with van der Waals surface area (Å²) in [5, 5.41) is 3.70. The van der Waals surface area contributed by atoms with E-state index in [1.54, 1.807) is 17.0 Å². The molecule has 2 aromatic carbocycles. The molecular formula is C23H28Cl2N4O2. The molecule has 1 fully saturated rings. The molecule has 1 aliphatic heterocycles. The molecule has 1 aliphatic rings. The molecule has 3 rings (SSSR count). The van der Waals surface area contributed by atoms with Gasteiger partial charge in [-0.15, -0.1) is 0 Å². The van der Waals surface area contributed by atoms with Crippen LogP contribution in [0, 0.1) is 0 Å². The number of hydrogen-bond donors (Lipinski definition) is 2. The molecule has 2 amide bonds. The third-order valence-corrected chi connectivity index (χ3v) is 6.31. The number of rotatable bonds is 8. The second-order valence-electron chi connectivity index (χ2n) is 7.83. The lowest BCUT2D eigenvalue weighted by atomic mass is 10.0. The van der Waals surface area contributed by atoms with E-state index in [0.29, 0.717) is 15.7 Å². The van der Waals surface area contributed by atoms with Crippen LogP contribution >= 0.6 is 23.2 Å². The van der Waals surface area contributed by atoms with Crippen molar-refractivity contribution in [1.82, 2.24) is 9.80 Å². The number of nitrogens with one attached hydrogen (secondary N) is 1. The lowest BCUT2D eigenvalue weighted by Gasteiger charge is -2.32. The van der Waals surface area contributed by atoms with Gasteiger partial charge in [0.1, 0.15) is 0 Å². The Hall–Kier alpha value is -2.12. The molecule has 0 aromatic heterocycles. The Morgan fingerprint density at radius 1 is 1.13 bits per heavy atom. The normalized spacial score (nSPS) is 15.0. The number of likely N-dealkylation sites (N-methyl/N-ethyl adjacent to an activating group) is 1. The van der Waals surface area contributed by atoms with E-state index in [1.807, 2.05) is 37.4 Å². The minimum absolute atomic E-state index is 0.0148. The first kappa shape index (κ1) is 23.5. The number of anilines is 1. The van der Waals surface area contributed by atoms with E-state index in [0.717, 1.165) is 30.8 Å². The predicted molar refractivity (Wildman–Crippen MR) is 125 cm³/mol. The van der Waals surface area contributed by atoms with E-state index in [-0.39, 0.29) is 30.8 Å². The van der Waals surface area contributed by atoms with Gasteiger partial charge in [-0.3, -0.25) is 9.59 Å². The standard InChI is InChI=1S/C23H28Cl2N4O2/c1-28(23(31)12-16-7-8-19(24)20(25)11-16)21(15-29-9-2-3-10-29)17-5-4-6-18(13-17)27-22(30)14-26/h4-8,11,13,21H,2-3,9-10,12,14-15,26H2,1H3,(H,27,30). The number of likely N-dealkylation sites (tertiary alicyclic amines) is 1. The van der Waals surface area contributed by atoms with Crippen LogP contribution in [0.25, 0.3) is 0 Å². The third kappa shape index (κ3) is 6.43. The highest BCUT2D eigenvalue weighted by atomic mass is 35.5. The van der Waals surface area contributed by atoms with Crippen molar-refractivity contribution in [2.45, 2.75) is 25.3 Å². The fourth-order valence-corrected chi connectivity index (χ4v) is 4.14. The minimum Gasteiger partial charge on any atom is -0.337 e. The molecule has 166 valence electrons. The monoisotopic (exact) mass is 462 g/mol. The first-order chi connectivity index (χ1) is 14.9. The molecule has 1 atom stereocenters. The maximum Gasteiger partial charge on any atom is 0.238 e. The van der Waals surface area contributed by atoms with Crippen molar-refractivity contribution in [1.29, 1.82) is 0 Å². The van der Waals surface area contributed by atoms with E-state index in [4.69, 9.17) is 28.9 Å². The van der Waals surface area contributed by atoms with E-state index in [2.05, 4.69) is 10.2 Å². The van der Waals surface area contributed by atoms with E-state index in [9.17, 15) is 9.59 Å². The van der Waals surface area contributed by atoms with Crippen LogP contribution in [0.4, 0.5) is 5.69 Å². The van der Waals surface area contributed by atoms with E-state index < -0.39 is 0 Å². The van der Waals surface area contributed by atoms with Crippen LogP contribution < -0.4 is 11.1 Å². The molecule has 0 saturated carbocycles. The van der Waals surface area contributed by atoms with Gasteiger partial charge in [0.15, 0.2) is 0 Å². The van der Waals surface area contributed by atoms with E-state index in [1.165, 1.54) is 12.8 Å². The SMILES string of the molecule is CN(C(=O)Cc1ccc(Cl)c(Cl)c1)C(CN1CCCC1)c1cccc(NC(=O)CN)c1. The lowest BCUT2D eigenvalue weighted by molar-refractivity contribution is -0.131. The zero-order valence-corrected chi connectivity index (χ0v) is 19.1. The van der Waals surface area contributed by atoms with Gasteiger partial charge < -0.3 is 20.9 Å². The molecule has 6 nitrogen and oxygen atoms in total. The number of amides is 2. The van der Waals surface area contributed by atoms with Crippen LogP contribution in [0.2, 0.25) is 10.0 Å². The molecule has 31 heavy (non-hydrogen) atoms. The summed E-state index contributed by atoms with van der Waals surface area (Å²) in [4.78, 5) is 29.0. The van der Waals surface area contributed by atoms with Gasteiger partial charge in [-0.1, -0.05) is 41.4 Å². The summed E-state index contributed by atoms with van der Waals surface area (Å²) in [5.41, 5.74) is 7.87. The molecule has 2 aromatic rings. The van der Waals surface area contributed by atoms with Crippen LogP contribution in [-0.2, 0) is 16.0 Å². The number of nitrogens with two attached hydrogens (primary N) is 1. The maximum atomic E-state index is 13.2. The number of carbonyl (C=O) groups is 2. The average Bonchev–Trinajstić information content (AvgIpc) is 3.27. The van der Waals surface area contributed by atoms with Crippen LogP contribution in [0.15, 0.2) is 42.5 Å². The van der Waals surface area contributed by atoms with Crippen molar-refractivity contribution >= 4 is 40.7 Å². The van der Waals surface area contributed by atoms with Gasteiger partial charge in [0.05, 0.1) is 29.1 Å². The molecule has 1 unspecified atom stereocenters. The number of halogens is 2. The summed E-state index contributed by atoms with van der Waals surface area (Å²) in [6.07, 6.45) is 2.56. The smallest absolute Gasteiger partial charge is 0.238 e. The van der Waals surface area contributed by atoms with Gasteiger partial charge >= 0.3 is 0 Å². The molecule has 1 saturated heterocycles. The van der Waals surface area contributed by atoms with Crippen molar-refractivity contribution in [2.24, 2.45) is 5.73 Å². The zero-order valence-electron chi connectivity index (χ0n) is 17.6.